The molecule has 1 aromatic carbocycles. The van der Waals surface area contributed by atoms with Crippen LogP contribution in [0, 0.1) is 6.92 Å². The summed E-state index contributed by atoms with van der Waals surface area (Å²) >= 11 is 1.38. The quantitative estimate of drug-likeness (QED) is 0.768. The lowest BCUT2D eigenvalue weighted by atomic mass is 10.2. The van der Waals surface area contributed by atoms with Crippen molar-refractivity contribution in [3.8, 4) is 0 Å². The van der Waals surface area contributed by atoms with E-state index in [1.165, 1.54) is 28.3 Å². The van der Waals surface area contributed by atoms with Gasteiger partial charge >= 0.3 is 5.97 Å². The van der Waals surface area contributed by atoms with Crippen molar-refractivity contribution >= 4 is 38.6 Å². The Morgan fingerprint density at radius 1 is 1.36 bits per heavy atom. The van der Waals surface area contributed by atoms with E-state index >= 15 is 0 Å². The van der Waals surface area contributed by atoms with Crippen molar-refractivity contribution in [3.63, 3.8) is 0 Å². The van der Waals surface area contributed by atoms with Crippen LogP contribution < -0.4 is 5.32 Å². The van der Waals surface area contributed by atoms with Crippen molar-refractivity contribution < 1.29 is 14.7 Å². The van der Waals surface area contributed by atoms with Gasteiger partial charge in [-0.1, -0.05) is 17.4 Å². The standard InChI is InChI=1S/C14H12N4O3S/c1-8-2-3-9-11(6-8)22-14(15-9)16-13(21)10-4-5-18(17-10)7-12(19)20/h2-6H,7H2,1H3,(H,19,20)(H,15,16,21). The predicted molar refractivity (Wildman–Crippen MR) is 82.2 cm³/mol. The Morgan fingerprint density at radius 2 is 2.18 bits per heavy atom. The number of hydrogen-bond donors (Lipinski definition) is 2. The first-order valence-corrected chi connectivity index (χ1v) is 7.27. The number of aryl methyl sites for hydroxylation is 1. The molecule has 3 rings (SSSR count). The number of anilines is 1. The van der Waals surface area contributed by atoms with Crippen molar-refractivity contribution in [1.82, 2.24) is 14.8 Å². The lowest BCUT2D eigenvalue weighted by Gasteiger charge is -1.97. The van der Waals surface area contributed by atoms with Gasteiger partial charge in [0.05, 0.1) is 10.2 Å². The number of carbonyl (C=O) groups excluding carboxylic acids is 1. The fourth-order valence-corrected chi connectivity index (χ4v) is 2.91. The highest BCUT2D eigenvalue weighted by molar-refractivity contribution is 7.22. The third kappa shape index (κ3) is 2.96. The number of carboxylic acid groups (broad SMARTS) is 1. The van der Waals surface area contributed by atoms with E-state index in [0.29, 0.717) is 5.13 Å². The van der Waals surface area contributed by atoms with Crippen molar-refractivity contribution in [3.05, 3.63) is 41.7 Å². The summed E-state index contributed by atoms with van der Waals surface area (Å²) in [6.45, 7) is 1.71. The van der Waals surface area contributed by atoms with Gasteiger partial charge in [-0.2, -0.15) is 5.10 Å². The second-order valence-electron chi connectivity index (χ2n) is 4.74. The van der Waals surface area contributed by atoms with Gasteiger partial charge < -0.3 is 5.11 Å². The molecule has 7 nitrogen and oxygen atoms in total. The maximum atomic E-state index is 12.1. The summed E-state index contributed by atoms with van der Waals surface area (Å²) in [5.74, 6) is -1.43. The molecule has 0 saturated carbocycles. The average molecular weight is 316 g/mol. The number of thiazole rings is 1. The van der Waals surface area contributed by atoms with E-state index in [-0.39, 0.29) is 12.2 Å². The number of fused-ring (bicyclic) bond motifs is 1. The number of aliphatic carboxylic acids is 1. The number of nitrogens with one attached hydrogen (secondary N) is 1. The number of aromatic nitrogens is 3. The van der Waals surface area contributed by atoms with Crippen molar-refractivity contribution in [2.75, 3.05) is 5.32 Å². The molecule has 0 bridgehead atoms. The number of carbonyl (C=O) groups is 2. The van der Waals surface area contributed by atoms with Crippen LogP contribution in [-0.4, -0.2) is 31.7 Å². The van der Waals surface area contributed by atoms with Crippen molar-refractivity contribution in [2.24, 2.45) is 0 Å². The first kappa shape index (κ1) is 14.2. The third-order valence-electron chi connectivity index (χ3n) is 2.93. The summed E-state index contributed by atoms with van der Waals surface area (Å²) in [7, 11) is 0. The lowest BCUT2D eigenvalue weighted by Crippen LogP contribution is -2.14. The monoisotopic (exact) mass is 316 g/mol. The molecular formula is C14H12N4O3S. The molecule has 0 aliphatic heterocycles. The molecule has 0 aliphatic rings. The summed E-state index contributed by atoms with van der Waals surface area (Å²) in [4.78, 5) is 27.0. The van der Waals surface area contributed by atoms with E-state index in [9.17, 15) is 9.59 Å². The molecule has 1 amide bonds. The first-order valence-electron chi connectivity index (χ1n) is 6.45. The zero-order chi connectivity index (χ0) is 15.7. The highest BCUT2D eigenvalue weighted by atomic mass is 32.1. The SMILES string of the molecule is Cc1ccc2nc(NC(=O)c3ccn(CC(=O)O)n3)sc2c1. The van der Waals surface area contributed by atoms with Crippen LogP contribution in [0.15, 0.2) is 30.5 Å². The third-order valence-corrected chi connectivity index (χ3v) is 3.87. The molecule has 2 N–H and O–H groups in total. The van der Waals surface area contributed by atoms with Gasteiger partial charge in [0.25, 0.3) is 5.91 Å². The number of rotatable bonds is 4. The molecule has 0 saturated heterocycles. The first-order chi connectivity index (χ1) is 10.5. The van der Waals surface area contributed by atoms with E-state index in [1.54, 1.807) is 0 Å². The molecule has 0 fully saturated rings. The summed E-state index contributed by atoms with van der Waals surface area (Å²) in [5.41, 5.74) is 2.10. The topological polar surface area (TPSA) is 97.1 Å². The van der Waals surface area contributed by atoms with Crippen LogP contribution in [-0.2, 0) is 11.3 Å². The van der Waals surface area contributed by atoms with Crippen molar-refractivity contribution in [1.29, 1.82) is 0 Å². The van der Waals surface area contributed by atoms with E-state index < -0.39 is 11.9 Å². The van der Waals surface area contributed by atoms with Crippen LogP contribution in [0.2, 0.25) is 0 Å². The number of benzene rings is 1. The number of carboxylic acids is 1. The number of hydrogen-bond acceptors (Lipinski definition) is 5. The van der Waals surface area contributed by atoms with Gasteiger partial charge in [0.1, 0.15) is 6.54 Å². The normalized spacial score (nSPS) is 10.8. The van der Waals surface area contributed by atoms with Crippen LogP contribution >= 0.6 is 11.3 Å². The van der Waals surface area contributed by atoms with Crippen LogP contribution in [0.25, 0.3) is 10.2 Å². The second kappa shape index (κ2) is 5.57. The van der Waals surface area contributed by atoms with Gasteiger partial charge in [0, 0.05) is 6.20 Å². The zero-order valence-electron chi connectivity index (χ0n) is 11.6. The minimum absolute atomic E-state index is 0.150. The van der Waals surface area contributed by atoms with E-state index in [2.05, 4.69) is 15.4 Å². The van der Waals surface area contributed by atoms with E-state index in [4.69, 9.17) is 5.11 Å². The molecule has 0 spiro atoms. The highest BCUT2D eigenvalue weighted by Gasteiger charge is 2.13. The molecule has 112 valence electrons. The Morgan fingerprint density at radius 3 is 2.95 bits per heavy atom. The van der Waals surface area contributed by atoms with E-state index in [0.717, 1.165) is 15.8 Å². The molecule has 22 heavy (non-hydrogen) atoms. The minimum Gasteiger partial charge on any atom is -0.480 e. The highest BCUT2D eigenvalue weighted by Crippen LogP contribution is 2.26. The molecule has 0 radical (unpaired) electrons. The fraction of sp³-hybridized carbons (Fsp3) is 0.143. The summed E-state index contributed by atoms with van der Waals surface area (Å²) in [6.07, 6.45) is 1.45. The van der Waals surface area contributed by atoms with Crippen LogP contribution in [0.5, 0.6) is 0 Å². The number of nitrogens with zero attached hydrogens (tertiary/aromatic N) is 3. The molecule has 0 unspecified atom stereocenters. The van der Waals surface area contributed by atoms with Crippen LogP contribution in [0.4, 0.5) is 5.13 Å². The average Bonchev–Trinajstić information content (AvgIpc) is 3.03. The second-order valence-corrected chi connectivity index (χ2v) is 5.77. The predicted octanol–water partition coefficient (Wildman–Crippen LogP) is 2.14. The summed E-state index contributed by atoms with van der Waals surface area (Å²) in [5, 5.41) is 15.8. The largest absolute Gasteiger partial charge is 0.480 e. The Hall–Kier alpha value is -2.74. The van der Waals surface area contributed by atoms with E-state index in [1.807, 2.05) is 25.1 Å². The van der Waals surface area contributed by atoms with Gasteiger partial charge in [-0.05, 0) is 30.7 Å². The van der Waals surface area contributed by atoms with Crippen LogP contribution in [0.3, 0.4) is 0 Å². The smallest absolute Gasteiger partial charge is 0.325 e. The molecule has 0 atom stereocenters. The Kier molecular flexibility index (Phi) is 3.60. The van der Waals surface area contributed by atoms with Gasteiger partial charge in [0.2, 0.25) is 0 Å². The molecule has 8 heteroatoms. The molecule has 2 aromatic heterocycles. The lowest BCUT2D eigenvalue weighted by molar-refractivity contribution is -0.137. The number of amides is 1. The molecule has 2 heterocycles. The summed E-state index contributed by atoms with van der Waals surface area (Å²) in [6, 6.07) is 7.33. The van der Waals surface area contributed by atoms with Gasteiger partial charge in [0.15, 0.2) is 10.8 Å². The molecule has 0 aliphatic carbocycles. The Bertz CT molecular complexity index is 868. The van der Waals surface area contributed by atoms with Gasteiger partial charge in [-0.15, -0.1) is 0 Å². The maximum Gasteiger partial charge on any atom is 0.325 e. The Balaban J connectivity index is 1.77. The fourth-order valence-electron chi connectivity index (χ4n) is 1.96. The maximum absolute atomic E-state index is 12.1. The van der Waals surface area contributed by atoms with Gasteiger partial charge in [-0.3, -0.25) is 19.6 Å². The van der Waals surface area contributed by atoms with Crippen molar-refractivity contribution in [2.45, 2.75) is 13.5 Å². The summed E-state index contributed by atoms with van der Waals surface area (Å²) < 4.78 is 2.19. The Labute approximate surface area is 129 Å². The van der Waals surface area contributed by atoms with Gasteiger partial charge in [-0.25, -0.2) is 4.98 Å². The zero-order valence-corrected chi connectivity index (χ0v) is 12.4. The van der Waals surface area contributed by atoms with Crippen LogP contribution in [0.1, 0.15) is 16.1 Å². The minimum atomic E-state index is -1.02. The molecular weight excluding hydrogens is 304 g/mol. The molecule has 3 aromatic rings.